The molecule has 1 radical (unpaired) electrons. The molecule has 1 heterocycles. The number of phenols is 2. The van der Waals surface area contributed by atoms with E-state index in [9.17, 15) is 29.4 Å². The molecule has 4 aromatic carbocycles. The van der Waals surface area contributed by atoms with Crippen LogP contribution in [0.15, 0.2) is 101 Å². The molecule has 3 amide bonds. The van der Waals surface area contributed by atoms with E-state index >= 15 is 0 Å². The van der Waals surface area contributed by atoms with Gasteiger partial charge in [-0.05, 0) is 66.6 Å². The fraction of sp³-hybridized carbons (Fsp3) is 0.317. The van der Waals surface area contributed by atoms with Gasteiger partial charge in [-0.3, -0.25) is 24.1 Å². The van der Waals surface area contributed by atoms with Gasteiger partial charge in [-0.2, -0.15) is 0 Å². The van der Waals surface area contributed by atoms with Gasteiger partial charge < -0.3 is 30.3 Å². The highest BCUT2D eigenvalue weighted by atomic mass is 32.2. The van der Waals surface area contributed by atoms with Gasteiger partial charge in [-0.25, -0.2) is 0 Å². The molecular formula is C41H46N3O8S2. The Bertz CT molecular complexity index is 1960. The van der Waals surface area contributed by atoms with Crippen LogP contribution in [0.5, 0.6) is 17.2 Å². The van der Waals surface area contributed by atoms with Gasteiger partial charge in [-0.1, -0.05) is 81.3 Å². The molecule has 0 saturated carbocycles. The van der Waals surface area contributed by atoms with Crippen LogP contribution in [-0.4, -0.2) is 59.6 Å². The van der Waals surface area contributed by atoms with Crippen molar-refractivity contribution in [1.29, 1.82) is 0 Å². The quantitative estimate of drug-likeness (QED) is 0.0345. The van der Waals surface area contributed by atoms with E-state index in [2.05, 4.69) is 10.6 Å². The number of thiol groups is 1. The number of carbonyl (C=O) groups excluding carboxylic acids is 4. The topological polar surface area (TPSA) is 154 Å². The van der Waals surface area contributed by atoms with E-state index in [1.54, 1.807) is 47.4 Å². The lowest BCUT2D eigenvalue weighted by Gasteiger charge is -2.33. The first-order valence-electron chi connectivity index (χ1n) is 17.7. The molecule has 3 atom stereocenters. The number of carbonyl (C=O) groups is 4. The number of amides is 3. The van der Waals surface area contributed by atoms with E-state index in [-0.39, 0.29) is 29.1 Å². The molecule has 285 valence electrons. The summed E-state index contributed by atoms with van der Waals surface area (Å²) in [5.41, 5.74) is 1.14. The van der Waals surface area contributed by atoms with Crippen molar-refractivity contribution in [3.8, 4) is 17.2 Å². The lowest BCUT2D eigenvalue weighted by atomic mass is 9.79. The molecule has 0 saturated heterocycles. The molecule has 0 bridgehead atoms. The Morgan fingerprint density at radius 2 is 1.63 bits per heavy atom. The number of phenolic OH excluding ortho intramolecular Hbond substituents is 2. The first kappa shape index (κ1) is 40.2. The average Bonchev–Trinajstić information content (AvgIpc) is 3.27. The largest absolute Gasteiger partial charge is 0.504 e. The smallest absolute Gasteiger partial charge is 0.258 e. The molecule has 0 aliphatic carbocycles. The molecule has 0 fully saturated rings. The van der Waals surface area contributed by atoms with E-state index in [0.717, 1.165) is 12.8 Å². The number of nitrogens with one attached hydrogen (secondary N) is 2. The summed E-state index contributed by atoms with van der Waals surface area (Å²) >= 11 is 1.75. The minimum Gasteiger partial charge on any atom is -0.504 e. The van der Waals surface area contributed by atoms with Gasteiger partial charge in [0.05, 0.1) is 16.7 Å². The summed E-state index contributed by atoms with van der Waals surface area (Å²) in [5.74, 6) is -1.53. The van der Waals surface area contributed by atoms with Crippen LogP contribution in [0.3, 0.4) is 0 Å². The fourth-order valence-electron chi connectivity index (χ4n) is 6.38. The van der Waals surface area contributed by atoms with E-state index in [4.69, 9.17) is 9.47 Å². The van der Waals surface area contributed by atoms with Crippen molar-refractivity contribution in [2.45, 2.75) is 61.5 Å². The maximum atomic E-state index is 14.5. The normalized spacial score (nSPS) is 16.6. The van der Waals surface area contributed by atoms with Gasteiger partial charge in [0.2, 0.25) is 11.8 Å². The number of ether oxygens (including phenoxy) is 2. The molecule has 11 nitrogen and oxygen atoms in total. The highest BCUT2D eigenvalue weighted by Crippen LogP contribution is 2.51. The minimum atomic E-state index is -1.19. The molecule has 4 N–H and O–H groups in total. The van der Waals surface area contributed by atoms with Crippen LogP contribution in [0.4, 0.5) is 11.4 Å². The van der Waals surface area contributed by atoms with E-state index in [1.165, 1.54) is 31.0 Å². The standard InChI is InChI=1S/C41H46N3O8S2/c1-5-7-20-41(6-2)39(49)44(28-16-12-9-13-17-28)29-22-35(53-4)32(23-34(29)54-40(41)50)52-25-36(47)43-37(26-14-10-8-11-15-26)38(48)42-24-33(51-3)27-18-19-30(45)31(46)21-27/h8-19,21-23,33,37,45-46,54H,5-7,20,24-25H2,1-4H3,(H,42,48)(H,43,47)/t33?,37-,41?/m1/s1. The minimum absolute atomic E-state index is 0.0136. The van der Waals surface area contributed by atoms with Crippen LogP contribution >= 0.6 is 23.5 Å². The third-order valence-corrected chi connectivity index (χ3v) is 11.5. The number of thioether (sulfide) groups is 1. The highest BCUT2D eigenvalue weighted by Gasteiger charge is 2.49. The Kier molecular flexibility index (Phi) is 13.7. The van der Waals surface area contributed by atoms with Crippen molar-refractivity contribution in [2.24, 2.45) is 5.41 Å². The van der Waals surface area contributed by atoms with Crippen molar-refractivity contribution in [3.63, 3.8) is 0 Å². The SMILES string of the molecule is CCCCC1(CC)C(=O)[SH]c2cc(OCC(=O)N[C@@H](C(=O)NCC(OC)c3ccc(O)c(O)c3)c3ccccc3)c(SC)cc2N(c2ccccc2)C1=O. The van der Waals surface area contributed by atoms with Crippen LogP contribution in [0.25, 0.3) is 0 Å². The third-order valence-electron chi connectivity index (χ3n) is 9.50. The number of benzene rings is 4. The number of hydrogen-bond donors (Lipinski definition) is 5. The van der Waals surface area contributed by atoms with Gasteiger partial charge in [-0.15, -0.1) is 23.5 Å². The third kappa shape index (κ3) is 8.86. The van der Waals surface area contributed by atoms with E-state index in [1.807, 2.05) is 56.5 Å². The Morgan fingerprint density at radius 1 is 0.926 bits per heavy atom. The number of hydrogen-bond acceptors (Lipinski definition) is 9. The second-order valence-electron chi connectivity index (χ2n) is 12.8. The number of unbranched alkanes of at least 4 members (excludes halogenated alkanes) is 1. The van der Waals surface area contributed by atoms with Gasteiger partial charge in [0, 0.05) is 24.2 Å². The summed E-state index contributed by atoms with van der Waals surface area (Å²) in [7, 11) is 1.46. The number of nitrogens with zero attached hydrogens (tertiary/aromatic N) is 1. The molecule has 13 heteroatoms. The van der Waals surface area contributed by atoms with Crippen molar-refractivity contribution < 1.29 is 38.9 Å². The number of fused-ring (bicyclic) bond motifs is 1. The lowest BCUT2D eigenvalue weighted by Crippen LogP contribution is -2.44. The lowest BCUT2D eigenvalue weighted by molar-refractivity contribution is -0.136. The van der Waals surface area contributed by atoms with Crippen LogP contribution in [0.1, 0.15) is 62.8 Å². The highest BCUT2D eigenvalue weighted by molar-refractivity contribution is 8.14. The predicted molar refractivity (Wildman–Crippen MR) is 212 cm³/mol. The summed E-state index contributed by atoms with van der Waals surface area (Å²) in [6, 6.07) is 24.8. The zero-order chi connectivity index (χ0) is 38.8. The molecule has 1 aliphatic heterocycles. The van der Waals surface area contributed by atoms with Crippen molar-refractivity contribution >= 4 is 57.7 Å². The summed E-state index contributed by atoms with van der Waals surface area (Å²) in [6.07, 6.45) is 3.61. The first-order chi connectivity index (χ1) is 26.1. The number of anilines is 2. The summed E-state index contributed by atoms with van der Waals surface area (Å²) in [6.45, 7) is 3.51. The molecule has 0 aromatic heterocycles. The van der Waals surface area contributed by atoms with Crippen molar-refractivity contribution in [3.05, 3.63) is 102 Å². The van der Waals surface area contributed by atoms with Crippen molar-refractivity contribution in [2.75, 3.05) is 31.4 Å². The zero-order valence-electron chi connectivity index (χ0n) is 30.7. The fourth-order valence-corrected chi connectivity index (χ4v) is 8.19. The molecular weight excluding hydrogens is 727 g/mol. The van der Waals surface area contributed by atoms with E-state index < -0.39 is 36.0 Å². The molecule has 1 aliphatic rings. The van der Waals surface area contributed by atoms with Gasteiger partial charge in [0.25, 0.3) is 5.91 Å². The summed E-state index contributed by atoms with van der Waals surface area (Å²) < 4.78 is 11.6. The Morgan fingerprint density at radius 3 is 2.26 bits per heavy atom. The summed E-state index contributed by atoms with van der Waals surface area (Å²) in [4.78, 5) is 58.5. The zero-order valence-corrected chi connectivity index (χ0v) is 32.4. The van der Waals surface area contributed by atoms with Crippen LogP contribution in [0, 0.1) is 5.41 Å². The molecule has 54 heavy (non-hydrogen) atoms. The molecule has 4 aromatic rings. The first-order valence-corrected chi connectivity index (χ1v) is 19.9. The summed E-state index contributed by atoms with van der Waals surface area (Å²) in [5, 5.41) is 25.1. The Hall–Kier alpha value is -4.98. The molecule has 0 spiro atoms. The van der Waals surface area contributed by atoms with Crippen LogP contribution in [0.2, 0.25) is 0 Å². The number of aromatic hydroxyl groups is 2. The average molecular weight is 773 g/mol. The molecule has 5 rings (SSSR count). The maximum absolute atomic E-state index is 14.5. The number of rotatable bonds is 16. The molecule has 2 unspecified atom stereocenters. The van der Waals surface area contributed by atoms with Gasteiger partial charge in [0.1, 0.15) is 17.2 Å². The van der Waals surface area contributed by atoms with Gasteiger partial charge in [0.15, 0.2) is 23.2 Å². The second kappa shape index (κ2) is 18.4. The Balaban J connectivity index is 1.38. The van der Waals surface area contributed by atoms with Gasteiger partial charge >= 0.3 is 0 Å². The maximum Gasteiger partial charge on any atom is 0.258 e. The Labute approximate surface area is 323 Å². The van der Waals surface area contributed by atoms with Crippen LogP contribution in [-0.2, 0) is 23.9 Å². The second-order valence-corrected chi connectivity index (χ2v) is 14.8. The monoisotopic (exact) mass is 772 g/mol. The number of methoxy groups -OCH3 is 1. The van der Waals surface area contributed by atoms with E-state index in [0.29, 0.717) is 62.6 Å². The van der Waals surface area contributed by atoms with Crippen molar-refractivity contribution in [1.82, 2.24) is 10.6 Å². The predicted octanol–water partition coefficient (Wildman–Crippen LogP) is 7.18. The number of para-hydroxylation sites is 1. The van der Waals surface area contributed by atoms with Crippen LogP contribution < -0.4 is 20.3 Å².